The van der Waals surface area contributed by atoms with E-state index in [1.165, 1.54) is 21.0 Å². The van der Waals surface area contributed by atoms with Crippen LogP contribution in [0.15, 0.2) is 50.5 Å². The lowest BCUT2D eigenvalue weighted by Gasteiger charge is -2.31. The van der Waals surface area contributed by atoms with Crippen LogP contribution < -0.4 is 10.1 Å². The number of benzene rings is 2. The lowest BCUT2D eigenvalue weighted by Crippen LogP contribution is -2.38. The molecular weight excluding hydrogens is 356 g/mol. The molecule has 0 fully saturated rings. The van der Waals surface area contributed by atoms with E-state index >= 15 is 0 Å². The van der Waals surface area contributed by atoms with E-state index in [0.29, 0.717) is 22.3 Å². The van der Waals surface area contributed by atoms with E-state index in [2.05, 4.69) is 0 Å². The number of nitrogens with zero attached hydrogens (tertiary/aromatic N) is 2. The van der Waals surface area contributed by atoms with E-state index in [0.717, 1.165) is 0 Å². The summed E-state index contributed by atoms with van der Waals surface area (Å²) in [6.07, 6.45) is 0.123. The van der Waals surface area contributed by atoms with Crippen molar-refractivity contribution in [2.75, 3.05) is 10.8 Å². The smallest absolute Gasteiger partial charge is 0.408 e. The summed E-state index contributed by atoms with van der Waals surface area (Å²) in [4.78, 5) is 23.8. The third-order valence-electron chi connectivity index (χ3n) is 4.68. The monoisotopic (exact) mass is 372 g/mol. The highest BCUT2D eigenvalue weighted by atomic mass is 32.2. The molecule has 1 aromatic heterocycles. The molecular formula is C18H16N2O5S. The Labute approximate surface area is 149 Å². The van der Waals surface area contributed by atoms with E-state index in [4.69, 9.17) is 4.42 Å². The standard InChI is InChI=1S/C18H16N2O5S/c1-11-4-3-5-13-15(21)8-9-20(17(11)13)26(23,24)12-6-7-14-16(10-12)25-18(22)19(14)2/h3-7,10H,8-9H2,1-2H3. The molecule has 7 nitrogen and oxygen atoms in total. The summed E-state index contributed by atoms with van der Waals surface area (Å²) >= 11 is 0. The molecule has 0 amide bonds. The highest BCUT2D eigenvalue weighted by Crippen LogP contribution is 2.35. The van der Waals surface area contributed by atoms with Gasteiger partial charge in [0.2, 0.25) is 0 Å². The highest BCUT2D eigenvalue weighted by molar-refractivity contribution is 7.92. The fourth-order valence-electron chi connectivity index (χ4n) is 3.31. The first kappa shape index (κ1) is 16.6. The van der Waals surface area contributed by atoms with Crippen molar-refractivity contribution in [3.8, 4) is 0 Å². The maximum absolute atomic E-state index is 13.2. The Morgan fingerprint density at radius 3 is 2.65 bits per heavy atom. The summed E-state index contributed by atoms with van der Waals surface area (Å²) in [5.74, 6) is -0.626. The third-order valence-corrected chi connectivity index (χ3v) is 6.48. The van der Waals surface area contributed by atoms with Crippen molar-refractivity contribution >= 4 is 32.6 Å². The molecule has 26 heavy (non-hydrogen) atoms. The quantitative estimate of drug-likeness (QED) is 0.688. The first-order valence-electron chi connectivity index (χ1n) is 8.06. The number of aromatic nitrogens is 1. The minimum absolute atomic E-state index is 0.0166. The first-order chi connectivity index (χ1) is 12.3. The number of Topliss-reactive ketones (excluding diaryl/α,β-unsaturated/α-hetero) is 1. The van der Waals surface area contributed by atoms with Crippen LogP contribution in [0.5, 0.6) is 0 Å². The number of carbonyl (C=O) groups is 1. The summed E-state index contributed by atoms with van der Waals surface area (Å²) in [6.45, 7) is 1.86. The molecule has 0 spiro atoms. The number of carbonyl (C=O) groups excluding carboxylic acids is 1. The van der Waals surface area contributed by atoms with Crippen molar-refractivity contribution in [2.45, 2.75) is 18.2 Å². The topological polar surface area (TPSA) is 89.6 Å². The number of para-hydroxylation sites is 1. The predicted octanol–water partition coefficient (Wildman–Crippen LogP) is 2.22. The van der Waals surface area contributed by atoms with Crippen LogP contribution in [0.2, 0.25) is 0 Å². The van der Waals surface area contributed by atoms with Gasteiger partial charge in [0.15, 0.2) is 11.4 Å². The zero-order chi connectivity index (χ0) is 18.6. The second-order valence-corrected chi connectivity index (χ2v) is 8.14. The molecule has 0 saturated carbocycles. The molecule has 0 N–H and O–H groups in total. The summed E-state index contributed by atoms with van der Waals surface area (Å²) in [5.41, 5.74) is 2.26. The maximum Gasteiger partial charge on any atom is 0.419 e. The van der Waals surface area contributed by atoms with Gasteiger partial charge in [0.05, 0.1) is 16.1 Å². The number of hydrogen-bond donors (Lipinski definition) is 0. The minimum Gasteiger partial charge on any atom is -0.408 e. The number of aryl methyl sites for hydroxylation is 2. The largest absolute Gasteiger partial charge is 0.419 e. The van der Waals surface area contributed by atoms with Crippen LogP contribution in [0, 0.1) is 6.92 Å². The first-order valence-corrected chi connectivity index (χ1v) is 9.50. The van der Waals surface area contributed by atoms with Gasteiger partial charge in [-0.3, -0.25) is 13.7 Å². The molecule has 2 aromatic carbocycles. The molecule has 2 heterocycles. The molecule has 0 bridgehead atoms. The van der Waals surface area contributed by atoms with Crippen molar-refractivity contribution in [3.63, 3.8) is 0 Å². The second kappa shape index (κ2) is 5.57. The van der Waals surface area contributed by atoms with Crippen LogP contribution in [-0.4, -0.2) is 25.3 Å². The number of anilines is 1. The minimum atomic E-state index is -3.91. The fraction of sp³-hybridized carbons (Fsp3) is 0.222. The van der Waals surface area contributed by atoms with Gasteiger partial charge in [-0.1, -0.05) is 12.1 Å². The molecule has 134 valence electrons. The molecule has 0 aliphatic carbocycles. The van der Waals surface area contributed by atoms with Crippen LogP contribution in [0.3, 0.4) is 0 Å². The van der Waals surface area contributed by atoms with Gasteiger partial charge in [-0.15, -0.1) is 0 Å². The number of sulfonamides is 1. The SMILES string of the molecule is Cc1cccc2c1N(S(=O)(=O)c1ccc3c(c1)oc(=O)n3C)CCC2=O. The van der Waals surface area contributed by atoms with Crippen molar-refractivity contribution in [3.05, 3.63) is 58.1 Å². The maximum atomic E-state index is 13.2. The van der Waals surface area contributed by atoms with Crippen LogP contribution in [0.25, 0.3) is 11.1 Å². The zero-order valence-corrected chi connectivity index (χ0v) is 15.0. The van der Waals surface area contributed by atoms with Crippen LogP contribution in [-0.2, 0) is 17.1 Å². The van der Waals surface area contributed by atoms with Gasteiger partial charge in [-0.2, -0.15) is 0 Å². The van der Waals surface area contributed by atoms with Gasteiger partial charge < -0.3 is 4.42 Å². The van der Waals surface area contributed by atoms with E-state index < -0.39 is 15.8 Å². The number of oxazole rings is 1. The van der Waals surface area contributed by atoms with Gasteiger partial charge in [0.1, 0.15) is 0 Å². The molecule has 0 saturated heterocycles. The summed E-state index contributed by atoms with van der Waals surface area (Å²) in [5, 5.41) is 0. The van der Waals surface area contributed by atoms with Gasteiger partial charge in [0.25, 0.3) is 10.0 Å². The Balaban J connectivity index is 1.90. The van der Waals surface area contributed by atoms with E-state index in [-0.39, 0.29) is 29.2 Å². The van der Waals surface area contributed by atoms with Crippen molar-refractivity contribution in [1.82, 2.24) is 4.57 Å². The van der Waals surface area contributed by atoms with Crippen molar-refractivity contribution < 1.29 is 17.6 Å². The zero-order valence-electron chi connectivity index (χ0n) is 14.2. The number of fused-ring (bicyclic) bond motifs is 2. The molecule has 0 unspecified atom stereocenters. The lowest BCUT2D eigenvalue weighted by molar-refractivity contribution is 0.0982. The Hall–Kier alpha value is -2.87. The molecule has 0 radical (unpaired) electrons. The highest BCUT2D eigenvalue weighted by Gasteiger charge is 2.33. The molecule has 1 aliphatic rings. The molecule has 0 atom stereocenters. The van der Waals surface area contributed by atoms with Crippen LogP contribution >= 0.6 is 0 Å². The van der Waals surface area contributed by atoms with Gasteiger partial charge >= 0.3 is 5.76 Å². The van der Waals surface area contributed by atoms with E-state index in [1.807, 2.05) is 0 Å². The number of rotatable bonds is 2. The predicted molar refractivity (Wildman–Crippen MR) is 96.1 cm³/mol. The Morgan fingerprint density at radius 2 is 1.88 bits per heavy atom. The second-order valence-electron chi connectivity index (χ2n) is 6.28. The average Bonchev–Trinajstić information content (AvgIpc) is 2.89. The normalized spacial score (nSPS) is 14.7. The average molecular weight is 372 g/mol. The lowest BCUT2D eigenvalue weighted by atomic mass is 9.99. The molecule has 8 heteroatoms. The summed E-state index contributed by atoms with van der Waals surface area (Å²) < 4.78 is 34.1. The molecule has 4 rings (SSSR count). The third kappa shape index (κ3) is 2.29. The number of hydrogen-bond acceptors (Lipinski definition) is 5. The Morgan fingerprint density at radius 1 is 1.12 bits per heavy atom. The fourth-order valence-corrected chi connectivity index (χ4v) is 4.87. The Bertz CT molecular complexity index is 1220. The summed E-state index contributed by atoms with van der Waals surface area (Å²) in [6, 6.07) is 9.50. The summed E-state index contributed by atoms with van der Waals surface area (Å²) in [7, 11) is -2.35. The molecule has 1 aliphatic heterocycles. The number of ketones is 1. The van der Waals surface area contributed by atoms with Crippen LogP contribution in [0.1, 0.15) is 22.3 Å². The van der Waals surface area contributed by atoms with Gasteiger partial charge in [-0.05, 0) is 30.7 Å². The van der Waals surface area contributed by atoms with Crippen LogP contribution in [0.4, 0.5) is 5.69 Å². The van der Waals surface area contributed by atoms with Gasteiger partial charge in [0, 0.05) is 31.6 Å². The van der Waals surface area contributed by atoms with Crippen molar-refractivity contribution in [2.24, 2.45) is 7.05 Å². The van der Waals surface area contributed by atoms with Gasteiger partial charge in [-0.25, -0.2) is 13.2 Å². The van der Waals surface area contributed by atoms with E-state index in [9.17, 15) is 18.0 Å². The Kier molecular flexibility index (Phi) is 3.55. The van der Waals surface area contributed by atoms with Crippen molar-refractivity contribution in [1.29, 1.82) is 0 Å². The van der Waals surface area contributed by atoms with E-state index in [1.54, 1.807) is 38.2 Å². The molecule has 3 aromatic rings.